The summed E-state index contributed by atoms with van der Waals surface area (Å²) in [7, 11) is 2.98. The van der Waals surface area contributed by atoms with Crippen molar-refractivity contribution in [3.05, 3.63) is 81.6 Å². The number of ether oxygens (including phenoxy) is 2. The van der Waals surface area contributed by atoms with E-state index in [-0.39, 0.29) is 16.9 Å². The first-order chi connectivity index (χ1) is 15.0. The summed E-state index contributed by atoms with van der Waals surface area (Å²) in [5, 5.41) is 13.2. The van der Waals surface area contributed by atoms with Crippen molar-refractivity contribution in [1.29, 1.82) is 0 Å². The first-order valence-corrected chi connectivity index (χ1v) is 10.5. The van der Waals surface area contributed by atoms with Gasteiger partial charge in [0.1, 0.15) is 23.3 Å². The topological polar surface area (TPSA) is 76.1 Å². The van der Waals surface area contributed by atoms with Gasteiger partial charge in [0.15, 0.2) is 0 Å². The van der Waals surface area contributed by atoms with Crippen molar-refractivity contribution < 1.29 is 24.2 Å². The molecule has 6 nitrogen and oxygen atoms in total. The first kappa shape index (κ1) is 20.7. The normalized spacial score (nSPS) is 17.8. The fraction of sp³-hybridized carbons (Fsp3) is 0.167. The number of carbonyl (C=O) groups excluding carboxylic acids is 2. The van der Waals surface area contributed by atoms with Gasteiger partial charge < -0.3 is 14.6 Å². The number of nitrogens with zero attached hydrogens (tertiary/aromatic N) is 1. The Morgan fingerprint density at radius 2 is 1.84 bits per heavy atom. The van der Waals surface area contributed by atoms with Gasteiger partial charge in [-0.15, -0.1) is 11.3 Å². The standard InChI is InChI=1S/C24H21NO5S/c1-14-6-4-7-15(12-14)25-21(19-8-5-11-31-19)20(23(27)24(25)28)22(26)17-13-16(29-2)9-10-18(17)30-3/h4-13,21,26H,1-3H3/b22-20-. The average molecular weight is 436 g/mol. The maximum absolute atomic E-state index is 13.2. The van der Waals surface area contributed by atoms with Crippen molar-refractivity contribution in [3.63, 3.8) is 0 Å². The Labute approximate surface area is 184 Å². The highest BCUT2D eigenvalue weighted by atomic mass is 32.1. The van der Waals surface area contributed by atoms with Crippen molar-refractivity contribution in [2.75, 3.05) is 19.1 Å². The van der Waals surface area contributed by atoms with Crippen LogP contribution in [0.5, 0.6) is 11.5 Å². The molecular formula is C24H21NO5S. The molecule has 0 radical (unpaired) electrons. The van der Waals surface area contributed by atoms with E-state index in [1.807, 2.05) is 42.6 Å². The number of benzene rings is 2. The maximum atomic E-state index is 13.2. The highest BCUT2D eigenvalue weighted by Gasteiger charge is 2.47. The van der Waals surface area contributed by atoms with Gasteiger partial charge in [0.2, 0.25) is 0 Å². The van der Waals surface area contributed by atoms with Gasteiger partial charge in [0, 0.05) is 10.6 Å². The zero-order valence-electron chi connectivity index (χ0n) is 17.3. The van der Waals surface area contributed by atoms with Gasteiger partial charge in [-0.1, -0.05) is 18.2 Å². The number of anilines is 1. The van der Waals surface area contributed by atoms with E-state index < -0.39 is 17.7 Å². The molecule has 31 heavy (non-hydrogen) atoms. The number of hydrogen-bond donors (Lipinski definition) is 1. The molecule has 2 aromatic carbocycles. The molecule has 1 aromatic heterocycles. The largest absolute Gasteiger partial charge is 0.507 e. The third-order valence-corrected chi connectivity index (χ3v) is 6.12. The number of hydrogen-bond acceptors (Lipinski definition) is 6. The Hall–Kier alpha value is -3.58. The summed E-state index contributed by atoms with van der Waals surface area (Å²) in [6.07, 6.45) is 0. The van der Waals surface area contributed by atoms with Crippen molar-refractivity contribution in [2.24, 2.45) is 0 Å². The third-order valence-electron chi connectivity index (χ3n) is 5.20. The summed E-state index contributed by atoms with van der Waals surface area (Å²) < 4.78 is 10.7. The Bertz CT molecular complexity index is 1180. The van der Waals surface area contributed by atoms with Crippen LogP contribution in [0.4, 0.5) is 5.69 Å². The minimum Gasteiger partial charge on any atom is -0.507 e. The van der Waals surface area contributed by atoms with Crippen LogP contribution in [0.1, 0.15) is 22.0 Å². The van der Waals surface area contributed by atoms with E-state index in [1.54, 1.807) is 24.3 Å². The van der Waals surface area contributed by atoms with E-state index in [0.29, 0.717) is 17.2 Å². The number of carbonyl (C=O) groups is 2. The van der Waals surface area contributed by atoms with Gasteiger partial charge >= 0.3 is 0 Å². The molecule has 1 N–H and O–H groups in total. The smallest absolute Gasteiger partial charge is 0.300 e. The molecule has 0 aliphatic carbocycles. The Morgan fingerprint density at radius 3 is 2.48 bits per heavy atom. The number of ketones is 1. The highest BCUT2D eigenvalue weighted by Crippen LogP contribution is 2.45. The molecular weight excluding hydrogens is 414 g/mol. The number of aliphatic hydroxyl groups is 1. The number of amides is 1. The van der Waals surface area contributed by atoms with Crippen LogP contribution in [-0.4, -0.2) is 31.0 Å². The highest BCUT2D eigenvalue weighted by molar-refractivity contribution is 7.10. The van der Waals surface area contributed by atoms with Crippen LogP contribution < -0.4 is 14.4 Å². The number of methoxy groups -OCH3 is 2. The summed E-state index contributed by atoms with van der Waals surface area (Å²) in [5.41, 5.74) is 1.85. The number of thiophene rings is 1. The van der Waals surface area contributed by atoms with Gasteiger partial charge in [-0.05, 0) is 54.3 Å². The Morgan fingerprint density at radius 1 is 1.03 bits per heavy atom. The minimum absolute atomic E-state index is 0.0144. The molecule has 0 saturated carbocycles. The van der Waals surface area contributed by atoms with E-state index in [0.717, 1.165) is 10.4 Å². The lowest BCUT2D eigenvalue weighted by molar-refractivity contribution is -0.132. The Kier molecular flexibility index (Phi) is 5.52. The molecule has 158 valence electrons. The van der Waals surface area contributed by atoms with Gasteiger partial charge in [0.25, 0.3) is 11.7 Å². The maximum Gasteiger partial charge on any atom is 0.300 e. The number of rotatable bonds is 5. The van der Waals surface area contributed by atoms with Crippen molar-refractivity contribution in [1.82, 2.24) is 0 Å². The van der Waals surface area contributed by atoms with Crippen LogP contribution >= 0.6 is 11.3 Å². The van der Waals surface area contributed by atoms with Crippen LogP contribution in [0.25, 0.3) is 5.76 Å². The fourth-order valence-electron chi connectivity index (χ4n) is 3.74. The summed E-state index contributed by atoms with van der Waals surface area (Å²) >= 11 is 1.41. The van der Waals surface area contributed by atoms with Gasteiger partial charge in [0.05, 0.1) is 25.4 Å². The lowest BCUT2D eigenvalue weighted by atomic mass is 9.99. The summed E-state index contributed by atoms with van der Waals surface area (Å²) in [6, 6.07) is 15.2. The lowest BCUT2D eigenvalue weighted by Gasteiger charge is -2.24. The van der Waals surface area contributed by atoms with E-state index in [1.165, 1.54) is 30.5 Å². The number of aryl methyl sites for hydroxylation is 1. The fourth-order valence-corrected chi connectivity index (χ4v) is 4.56. The third kappa shape index (κ3) is 3.57. The van der Waals surface area contributed by atoms with E-state index in [4.69, 9.17) is 9.47 Å². The zero-order valence-corrected chi connectivity index (χ0v) is 18.1. The molecule has 7 heteroatoms. The monoisotopic (exact) mass is 435 g/mol. The SMILES string of the molecule is COc1ccc(OC)c(/C(O)=C2/C(=O)C(=O)N(c3cccc(C)c3)C2c2cccs2)c1. The number of aliphatic hydroxyl groups excluding tert-OH is 1. The second-order valence-corrected chi connectivity index (χ2v) is 8.07. The van der Waals surface area contributed by atoms with Crippen LogP contribution in [0.2, 0.25) is 0 Å². The minimum atomic E-state index is -0.752. The molecule has 3 aromatic rings. The van der Waals surface area contributed by atoms with E-state index >= 15 is 0 Å². The van der Waals surface area contributed by atoms with Crippen molar-refractivity contribution >= 4 is 34.5 Å². The van der Waals surface area contributed by atoms with Crippen LogP contribution in [0.3, 0.4) is 0 Å². The van der Waals surface area contributed by atoms with Gasteiger partial charge in [-0.2, -0.15) is 0 Å². The first-order valence-electron chi connectivity index (χ1n) is 9.59. The molecule has 1 saturated heterocycles. The molecule has 4 rings (SSSR count). The predicted octanol–water partition coefficient (Wildman–Crippen LogP) is 4.70. The second kappa shape index (κ2) is 8.28. The molecule has 1 aliphatic heterocycles. The Balaban J connectivity index is 1.96. The second-order valence-electron chi connectivity index (χ2n) is 7.09. The lowest BCUT2D eigenvalue weighted by Crippen LogP contribution is -2.29. The van der Waals surface area contributed by atoms with Crippen LogP contribution in [0, 0.1) is 6.92 Å². The quantitative estimate of drug-likeness (QED) is 0.357. The van der Waals surface area contributed by atoms with Crippen molar-refractivity contribution in [3.8, 4) is 11.5 Å². The number of Topliss-reactive ketones (excluding diaryl/α,β-unsaturated/α-hetero) is 1. The molecule has 0 spiro atoms. The summed E-state index contributed by atoms with van der Waals surface area (Å²) in [5.74, 6) is -0.884. The molecule has 1 fully saturated rings. The van der Waals surface area contributed by atoms with Crippen molar-refractivity contribution in [2.45, 2.75) is 13.0 Å². The van der Waals surface area contributed by atoms with Gasteiger partial charge in [-0.3, -0.25) is 14.5 Å². The van der Waals surface area contributed by atoms with Crippen LogP contribution in [-0.2, 0) is 9.59 Å². The zero-order chi connectivity index (χ0) is 22.1. The van der Waals surface area contributed by atoms with E-state index in [2.05, 4.69) is 0 Å². The summed E-state index contributed by atoms with van der Waals surface area (Å²) in [6.45, 7) is 1.92. The molecule has 2 heterocycles. The van der Waals surface area contributed by atoms with Gasteiger partial charge in [-0.25, -0.2) is 0 Å². The average Bonchev–Trinajstić information content (AvgIpc) is 3.40. The molecule has 1 aliphatic rings. The van der Waals surface area contributed by atoms with E-state index in [9.17, 15) is 14.7 Å². The molecule has 0 bridgehead atoms. The predicted molar refractivity (Wildman–Crippen MR) is 120 cm³/mol. The summed E-state index contributed by atoms with van der Waals surface area (Å²) in [4.78, 5) is 28.5. The van der Waals surface area contributed by atoms with Crippen LogP contribution in [0.15, 0.2) is 65.6 Å². The molecule has 1 atom stereocenters. The molecule has 1 amide bonds. The molecule has 1 unspecified atom stereocenters.